The van der Waals surface area contributed by atoms with E-state index < -0.39 is 5.67 Å². The summed E-state index contributed by atoms with van der Waals surface area (Å²) in [5.74, 6) is 0. The molecule has 0 amide bonds. The van der Waals surface area contributed by atoms with Crippen molar-refractivity contribution in [3.63, 3.8) is 0 Å². The minimum Gasteiger partial charge on any atom is -0.251 e. The first kappa shape index (κ1) is 14.8. The lowest BCUT2D eigenvalue weighted by molar-refractivity contribution is 0.222. The molecular weight excluding hydrogens is 299 g/mol. The predicted molar refractivity (Wildman–Crippen MR) is 90.0 cm³/mol. The summed E-state index contributed by atoms with van der Waals surface area (Å²) in [6, 6.07) is 1.75. The first-order valence-electron chi connectivity index (χ1n) is 6.89. The van der Waals surface area contributed by atoms with Gasteiger partial charge in [0, 0.05) is 23.5 Å². The molecule has 2 aromatic rings. The van der Waals surface area contributed by atoms with E-state index in [1.807, 2.05) is 13.8 Å². The summed E-state index contributed by atoms with van der Waals surface area (Å²) in [6.45, 7) is 14.5. The largest absolute Gasteiger partial charge is 0.251 e. The van der Waals surface area contributed by atoms with Crippen LogP contribution in [-0.2, 0) is 5.67 Å². The maximum Gasteiger partial charge on any atom is 0.132 e. The van der Waals surface area contributed by atoms with Crippen LogP contribution < -0.4 is 5.01 Å². The third-order valence-electron chi connectivity index (χ3n) is 3.73. The normalized spacial score (nSPS) is 13.9. The number of hydrogen-bond donors (Lipinski definition) is 0. The molecule has 0 unspecified atom stereocenters. The van der Waals surface area contributed by atoms with E-state index >= 15 is 0 Å². The van der Waals surface area contributed by atoms with Crippen molar-refractivity contribution in [2.75, 3.05) is 5.01 Å². The van der Waals surface area contributed by atoms with E-state index in [1.54, 1.807) is 11.1 Å². The van der Waals surface area contributed by atoms with Crippen LogP contribution in [0.25, 0.3) is 17.0 Å². The molecule has 0 radical (unpaired) electrons. The van der Waals surface area contributed by atoms with E-state index in [0.717, 1.165) is 21.8 Å². The van der Waals surface area contributed by atoms with Crippen molar-refractivity contribution in [3.8, 4) is 11.3 Å². The highest BCUT2D eigenvalue weighted by atomic mass is 32.1. The van der Waals surface area contributed by atoms with E-state index in [-0.39, 0.29) is 0 Å². The Morgan fingerprint density at radius 3 is 2.64 bits per heavy atom. The van der Waals surface area contributed by atoms with Crippen LogP contribution in [0.15, 0.2) is 17.7 Å². The lowest BCUT2D eigenvalue weighted by atomic mass is 9.92. The SMILES string of the molecule is C=NN1C(=C)c2snc(C)c2-c2nc(C)cc(C(C)(C)F)c21. The quantitative estimate of drug-likeness (QED) is 0.770. The molecule has 0 saturated carbocycles. The Hall–Kier alpha value is -2.08. The average molecular weight is 316 g/mol. The van der Waals surface area contributed by atoms with Crippen molar-refractivity contribution in [2.45, 2.75) is 33.4 Å². The number of halogens is 1. The summed E-state index contributed by atoms with van der Waals surface area (Å²) < 4.78 is 19.2. The summed E-state index contributed by atoms with van der Waals surface area (Å²) in [4.78, 5) is 5.53. The van der Waals surface area contributed by atoms with Crippen LogP contribution in [0.5, 0.6) is 0 Å². The van der Waals surface area contributed by atoms with Crippen molar-refractivity contribution < 1.29 is 4.39 Å². The third kappa shape index (κ3) is 1.98. The Kier molecular flexibility index (Phi) is 3.18. The second kappa shape index (κ2) is 4.71. The van der Waals surface area contributed by atoms with Crippen molar-refractivity contribution in [2.24, 2.45) is 5.10 Å². The number of aromatic nitrogens is 2. The molecule has 6 heteroatoms. The maximum absolute atomic E-state index is 14.8. The first-order chi connectivity index (χ1) is 10.3. The van der Waals surface area contributed by atoms with Crippen LogP contribution in [0.2, 0.25) is 0 Å². The fraction of sp³-hybridized carbons (Fsp3) is 0.312. The molecule has 0 spiro atoms. The van der Waals surface area contributed by atoms with Gasteiger partial charge in [-0.1, -0.05) is 6.58 Å². The van der Waals surface area contributed by atoms with Crippen LogP contribution in [0.4, 0.5) is 10.1 Å². The summed E-state index contributed by atoms with van der Waals surface area (Å²) in [7, 11) is 0. The molecule has 0 bridgehead atoms. The highest BCUT2D eigenvalue weighted by molar-refractivity contribution is 7.07. The Morgan fingerprint density at radius 2 is 2.05 bits per heavy atom. The average Bonchev–Trinajstić information content (AvgIpc) is 2.81. The van der Waals surface area contributed by atoms with Crippen LogP contribution in [0, 0.1) is 13.8 Å². The lowest BCUT2D eigenvalue weighted by Gasteiger charge is -2.32. The maximum atomic E-state index is 14.8. The van der Waals surface area contributed by atoms with Gasteiger partial charge in [-0.15, -0.1) is 0 Å². The summed E-state index contributed by atoms with van der Waals surface area (Å²) in [5, 5.41) is 5.61. The van der Waals surface area contributed by atoms with Gasteiger partial charge in [0.2, 0.25) is 0 Å². The highest BCUT2D eigenvalue weighted by Gasteiger charge is 2.36. The topological polar surface area (TPSA) is 41.4 Å². The molecule has 1 aliphatic heterocycles. The number of hydrazone groups is 1. The van der Waals surface area contributed by atoms with Crippen LogP contribution in [0.3, 0.4) is 0 Å². The van der Waals surface area contributed by atoms with Crippen molar-refractivity contribution in [3.05, 3.63) is 34.5 Å². The molecule has 0 N–H and O–H groups in total. The molecule has 0 fully saturated rings. The summed E-state index contributed by atoms with van der Waals surface area (Å²) in [6.07, 6.45) is 0. The van der Waals surface area contributed by atoms with Crippen molar-refractivity contribution in [1.29, 1.82) is 0 Å². The smallest absolute Gasteiger partial charge is 0.132 e. The number of nitrogens with zero attached hydrogens (tertiary/aromatic N) is 4. The summed E-state index contributed by atoms with van der Waals surface area (Å²) >= 11 is 1.35. The molecule has 1 aliphatic rings. The molecular formula is C16H17FN4S. The molecule has 0 aliphatic carbocycles. The van der Waals surface area contributed by atoms with Gasteiger partial charge in [0.05, 0.1) is 22.0 Å². The van der Waals surface area contributed by atoms with Gasteiger partial charge in [-0.05, 0) is 45.3 Å². The van der Waals surface area contributed by atoms with Gasteiger partial charge < -0.3 is 0 Å². The molecule has 22 heavy (non-hydrogen) atoms. The van der Waals surface area contributed by atoms with Crippen molar-refractivity contribution in [1.82, 2.24) is 9.36 Å². The zero-order chi connectivity index (χ0) is 16.2. The molecule has 114 valence electrons. The fourth-order valence-corrected chi connectivity index (χ4v) is 3.59. The number of rotatable bonds is 2. The summed E-state index contributed by atoms with van der Waals surface area (Å²) in [5.41, 5.74) is 3.49. The standard InChI is InChI=1S/C16H17FN4S/c1-8-7-11(16(4,5)17)14-13(19-8)12-9(2)20-22-15(12)10(3)21(14)18-6/h7H,3,6H2,1-2,4-5H3. The van der Waals surface area contributed by atoms with Gasteiger partial charge in [-0.25, -0.2) is 9.40 Å². The van der Waals surface area contributed by atoms with E-state index in [0.29, 0.717) is 22.6 Å². The number of anilines is 1. The number of hydrogen-bond acceptors (Lipinski definition) is 5. The number of alkyl halides is 1. The van der Waals surface area contributed by atoms with E-state index in [4.69, 9.17) is 0 Å². The Balaban J connectivity index is 2.46. The predicted octanol–water partition coefficient (Wildman–Crippen LogP) is 4.43. The first-order valence-corrected chi connectivity index (χ1v) is 7.66. The molecule has 0 atom stereocenters. The Morgan fingerprint density at radius 1 is 1.36 bits per heavy atom. The highest BCUT2D eigenvalue weighted by Crippen LogP contribution is 2.50. The molecule has 2 aromatic heterocycles. The van der Waals surface area contributed by atoms with E-state index in [1.165, 1.54) is 25.4 Å². The van der Waals surface area contributed by atoms with Crippen molar-refractivity contribution >= 4 is 29.6 Å². The monoisotopic (exact) mass is 316 g/mol. The van der Waals surface area contributed by atoms with Crippen LogP contribution >= 0.6 is 11.5 Å². The van der Waals surface area contributed by atoms with E-state index in [2.05, 4.69) is 27.8 Å². The Bertz CT molecular complexity index is 801. The minimum absolute atomic E-state index is 0.528. The number of fused-ring (bicyclic) bond motifs is 3. The van der Waals surface area contributed by atoms with Gasteiger partial charge in [0.1, 0.15) is 11.4 Å². The van der Waals surface area contributed by atoms with Gasteiger partial charge in [0.25, 0.3) is 0 Å². The zero-order valence-corrected chi connectivity index (χ0v) is 13.9. The second-order valence-electron chi connectivity index (χ2n) is 5.85. The minimum atomic E-state index is -1.53. The van der Waals surface area contributed by atoms with Gasteiger partial charge in [-0.2, -0.15) is 9.47 Å². The molecule has 4 nitrogen and oxygen atoms in total. The van der Waals surface area contributed by atoms with E-state index in [9.17, 15) is 4.39 Å². The van der Waals surface area contributed by atoms with Crippen LogP contribution in [0.1, 0.15) is 35.7 Å². The van der Waals surface area contributed by atoms with Gasteiger partial charge in [0.15, 0.2) is 0 Å². The second-order valence-corrected chi connectivity index (χ2v) is 6.63. The molecule has 0 saturated heterocycles. The molecule has 3 rings (SSSR count). The van der Waals surface area contributed by atoms with Crippen LogP contribution in [-0.4, -0.2) is 16.1 Å². The fourth-order valence-electron chi connectivity index (χ4n) is 2.74. The van der Waals surface area contributed by atoms with Gasteiger partial charge in [-0.3, -0.25) is 4.98 Å². The zero-order valence-electron chi connectivity index (χ0n) is 13.1. The Labute approximate surface area is 133 Å². The third-order valence-corrected chi connectivity index (χ3v) is 4.72. The molecule has 0 aromatic carbocycles. The number of aryl methyl sites for hydroxylation is 2. The van der Waals surface area contributed by atoms with Gasteiger partial charge >= 0.3 is 0 Å². The molecule has 3 heterocycles. The number of pyridine rings is 1. The lowest BCUT2D eigenvalue weighted by Crippen LogP contribution is -2.24.